The number of fused-ring (bicyclic) bond motifs is 3. The highest BCUT2D eigenvalue weighted by atomic mass is 16.7. The lowest BCUT2D eigenvalue weighted by molar-refractivity contribution is -0.0476. The van der Waals surface area contributed by atoms with E-state index in [0.29, 0.717) is 56.2 Å². The molecule has 0 aromatic heterocycles. The Labute approximate surface area is 205 Å². The molecular formula is C26H24O10. The first-order valence-corrected chi connectivity index (χ1v) is 11.4. The lowest BCUT2D eigenvalue weighted by Gasteiger charge is -2.22. The minimum Gasteiger partial charge on any atom is -0.493 e. The predicted molar refractivity (Wildman–Crippen MR) is 125 cm³/mol. The molecule has 0 unspecified atom stereocenters. The van der Waals surface area contributed by atoms with Crippen molar-refractivity contribution >= 4 is 16.7 Å². The third kappa shape index (κ3) is 3.48. The minimum absolute atomic E-state index is 0.00231. The van der Waals surface area contributed by atoms with Gasteiger partial charge in [0.2, 0.25) is 13.1 Å². The highest BCUT2D eigenvalue weighted by Gasteiger charge is 2.41. The van der Waals surface area contributed by atoms with Gasteiger partial charge in [-0.25, -0.2) is 4.79 Å². The molecule has 3 heterocycles. The van der Waals surface area contributed by atoms with Gasteiger partial charge in [0.05, 0.1) is 33.0 Å². The predicted octanol–water partition coefficient (Wildman–Crippen LogP) is 2.77. The molecule has 3 aliphatic heterocycles. The zero-order chi connectivity index (χ0) is 25.0. The summed E-state index contributed by atoms with van der Waals surface area (Å²) < 4.78 is 39.5. The van der Waals surface area contributed by atoms with Gasteiger partial charge in [0, 0.05) is 22.9 Å². The van der Waals surface area contributed by atoms with Gasteiger partial charge in [-0.1, -0.05) is 6.07 Å². The van der Waals surface area contributed by atoms with Crippen molar-refractivity contribution in [1.82, 2.24) is 0 Å². The van der Waals surface area contributed by atoms with Crippen LogP contribution in [0.1, 0.15) is 22.3 Å². The fraction of sp³-hybridized carbons (Fsp3) is 0.346. The third-order valence-corrected chi connectivity index (χ3v) is 6.70. The number of cyclic esters (lactones) is 1. The van der Waals surface area contributed by atoms with Crippen molar-refractivity contribution in [3.8, 4) is 39.9 Å². The average molecular weight is 496 g/mol. The molecule has 0 aliphatic carbocycles. The molecule has 36 heavy (non-hydrogen) atoms. The van der Waals surface area contributed by atoms with E-state index in [4.69, 9.17) is 33.2 Å². The summed E-state index contributed by atoms with van der Waals surface area (Å²) in [4.78, 5) is 13.1. The quantitative estimate of drug-likeness (QED) is 0.493. The molecule has 3 aromatic rings. The number of rotatable bonds is 6. The van der Waals surface area contributed by atoms with Crippen LogP contribution in [0.25, 0.3) is 21.9 Å². The number of carbonyl (C=O) groups excluding carboxylic acids is 1. The topological polar surface area (TPSA) is 122 Å². The van der Waals surface area contributed by atoms with E-state index in [1.165, 1.54) is 14.2 Å². The van der Waals surface area contributed by atoms with E-state index in [0.717, 1.165) is 5.56 Å². The summed E-state index contributed by atoms with van der Waals surface area (Å²) in [7, 11) is 3.06. The van der Waals surface area contributed by atoms with E-state index in [2.05, 4.69) is 0 Å². The Morgan fingerprint density at radius 1 is 1.00 bits per heavy atom. The molecule has 3 aliphatic rings. The van der Waals surface area contributed by atoms with Gasteiger partial charge in [-0.3, -0.25) is 0 Å². The largest absolute Gasteiger partial charge is 0.493 e. The monoisotopic (exact) mass is 496 g/mol. The zero-order valence-corrected chi connectivity index (χ0v) is 19.7. The maximum Gasteiger partial charge on any atom is 0.339 e. The van der Waals surface area contributed by atoms with Crippen molar-refractivity contribution in [2.24, 2.45) is 0 Å². The standard InChI is InChI=1S/C26H24O10/c1-30-18-6-14-15(7-19(18)31-2)24(36-21-8-26(29,10-27)11-33-21)16-9-32-25(28)23(16)22(14)13-3-4-17-20(5-13)35-12-34-17/h3-7,21,27,29H,8-12H2,1-2H3/t21-,26-/m0/s1. The minimum atomic E-state index is -1.40. The Kier molecular flexibility index (Phi) is 5.32. The van der Waals surface area contributed by atoms with Crippen LogP contribution in [0, 0.1) is 0 Å². The van der Waals surface area contributed by atoms with Gasteiger partial charge < -0.3 is 43.4 Å². The van der Waals surface area contributed by atoms with E-state index in [1.54, 1.807) is 18.2 Å². The second-order valence-corrected chi connectivity index (χ2v) is 8.90. The van der Waals surface area contributed by atoms with E-state index < -0.39 is 24.5 Å². The van der Waals surface area contributed by atoms with E-state index in [-0.39, 0.29) is 26.4 Å². The molecule has 188 valence electrons. The van der Waals surface area contributed by atoms with Crippen molar-refractivity contribution in [1.29, 1.82) is 0 Å². The lowest BCUT2D eigenvalue weighted by Crippen LogP contribution is -2.34. The van der Waals surface area contributed by atoms with Crippen molar-refractivity contribution in [3.63, 3.8) is 0 Å². The molecule has 1 fully saturated rings. The van der Waals surface area contributed by atoms with Crippen LogP contribution in [-0.4, -0.2) is 62.3 Å². The maximum atomic E-state index is 13.1. The molecule has 2 atom stereocenters. The fourth-order valence-electron chi connectivity index (χ4n) is 4.89. The van der Waals surface area contributed by atoms with Crippen LogP contribution < -0.4 is 23.7 Å². The van der Waals surface area contributed by atoms with E-state index >= 15 is 0 Å². The SMILES string of the molecule is COc1cc2c(O[C@H]3C[C@](O)(CO)CO3)c3c(c(-c4ccc5c(c4)OCO5)c2cc1OC)C(=O)OC3. The number of ether oxygens (including phenoxy) is 7. The molecule has 3 aromatic carbocycles. The van der Waals surface area contributed by atoms with Crippen molar-refractivity contribution in [2.45, 2.75) is 24.9 Å². The van der Waals surface area contributed by atoms with Crippen LogP contribution in [0.4, 0.5) is 0 Å². The Bertz CT molecular complexity index is 1380. The molecule has 6 rings (SSSR count). The molecule has 0 spiro atoms. The highest BCUT2D eigenvalue weighted by Crippen LogP contribution is 2.49. The fourth-order valence-corrected chi connectivity index (χ4v) is 4.89. The molecule has 10 heteroatoms. The number of hydrogen-bond acceptors (Lipinski definition) is 10. The Hall–Kier alpha value is -3.73. The number of hydrogen-bond donors (Lipinski definition) is 2. The molecule has 0 amide bonds. The van der Waals surface area contributed by atoms with Gasteiger partial charge in [0.15, 0.2) is 23.0 Å². The number of benzene rings is 3. The molecular weight excluding hydrogens is 472 g/mol. The lowest BCUT2D eigenvalue weighted by atomic mass is 9.89. The van der Waals surface area contributed by atoms with Crippen molar-refractivity contribution in [2.75, 3.05) is 34.2 Å². The normalized spacial score (nSPS) is 22.0. The second kappa shape index (κ2) is 8.44. The zero-order valence-electron chi connectivity index (χ0n) is 19.7. The highest BCUT2D eigenvalue weighted by molar-refractivity contribution is 6.14. The number of methoxy groups -OCH3 is 2. The van der Waals surface area contributed by atoms with Crippen LogP contribution in [0.5, 0.6) is 28.7 Å². The first-order valence-electron chi connectivity index (χ1n) is 11.4. The summed E-state index contributed by atoms with van der Waals surface area (Å²) in [6.45, 7) is -0.404. The van der Waals surface area contributed by atoms with Crippen LogP contribution in [0.2, 0.25) is 0 Å². The molecule has 2 N–H and O–H groups in total. The van der Waals surface area contributed by atoms with Gasteiger partial charge in [0.25, 0.3) is 0 Å². The van der Waals surface area contributed by atoms with Crippen LogP contribution >= 0.6 is 0 Å². The van der Waals surface area contributed by atoms with Crippen LogP contribution in [0.15, 0.2) is 30.3 Å². The number of aliphatic hydroxyl groups excluding tert-OH is 1. The summed E-state index contributed by atoms with van der Waals surface area (Å²) in [6.07, 6.45) is -0.777. The van der Waals surface area contributed by atoms with Crippen molar-refractivity contribution in [3.05, 3.63) is 41.5 Å². The van der Waals surface area contributed by atoms with Gasteiger partial charge in [0.1, 0.15) is 18.0 Å². The van der Waals surface area contributed by atoms with Gasteiger partial charge in [-0.2, -0.15) is 0 Å². The average Bonchev–Trinajstić information content (AvgIpc) is 3.62. The summed E-state index contributed by atoms with van der Waals surface area (Å²) in [6, 6.07) is 9.03. The number of esters is 1. The molecule has 0 radical (unpaired) electrons. The van der Waals surface area contributed by atoms with E-state index in [1.807, 2.05) is 12.1 Å². The Morgan fingerprint density at radius 2 is 1.75 bits per heavy atom. The summed E-state index contributed by atoms with van der Waals surface area (Å²) in [5.74, 6) is 2.02. The third-order valence-electron chi connectivity index (χ3n) is 6.70. The molecule has 0 saturated carbocycles. The number of aliphatic hydroxyl groups is 2. The Balaban J connectivity index is 1.60. The Morgan fingerprint density at radius 3 is 2.47 bits per heavy atom. The van der Waals surface area contributed by atoms with Crippen LogP contribution in [-0.2, 0) is 16.1 Å². The van der Waals surface area contributed by atoms with Crippen LogP contribution in [0.3, 0.4) is 0 Å². The maximum absolute atomic E-state index is 13.1. The molecule has 10 nitrogen and oxygen atoms in total. The first-order chi connectivity index (χ1) is 17.4. The van der Waals surface area contributed by atoms with Gasteiger partial charge in [-0.05, 0) is 35.2 Å². The molecule has 0 bridgehead atoms. The first kappa shape index (κ1) is 22.7. The summed E-state index contributed by atoms with van der Waals surface area (Å²) >= 11 is 0. The van der Waals surface area contributed by atoms with Gasteiger partial charge >= 0.3 is 5.97 Å². The second-order valence-electron chi connectivity index (χ2n) is 8.90. The van der Waals surface area contributed by atoms with Crippen molar-refractivity contribution < 1.29 is 48.2 Å². The number of carbonyl (C=O) groups is 1. The summed E-state index contributed by atoms with van der Waals surface area (Å²) in [5, 5.41) is 21.3. The van der Waals surface area contributed by atoms with E-state index in [9.17, 15) is 15.0 Å². The molecule has 1 saturated heterocycles. The van der Waals surface area contributed by atoms with Gasteiger partial charge in [-0.15, -0.1) is 0 Å². The smallest absolute Gasteiger partial charge is 0.339 e. The summed E-state index contributed by atoms with van der Waals surface area (Å²) in [5.41, 5.74) is 0.871.